The number of piperazine rings is 2. The number of amides is 5. The summed E-state index contributed by atoms with van der Waals surface area (Å²) in [4.78, 5) is 79.2. The summed E-state index contributed by atoms with van der Waals surface area (Å²) in [5, 5.41) is 9.13. The molecule has 4 heterocycles. The topological polar surface area (TPSA) is 178 Å². The number of halogens is 2. The highest BCUT2D eigenvalue weighted by Crippen LogP contribution is 2.28. The Balaban J connectivity index is 0.840. The van der Waals surface area contributed by atoms with Gasteiger partial charge in [-0.1, -0.05) is 49.4 Å². The van der Waals surface area contributed by atoms with Crippen LogP contribution in [-0.4, -0.2) is 149 Å². The smallest absolute Gasteiger partial charge is 0.274 e. The molecule has 0 radical (unpaired) electrons. The Morgan fingerprint density at radius 3 is 2.11 bits per heavy atom. The van der Waals surface area contributed by atoms with E-state index in [2.05, 4.69) is 39.2 Å². The first-order chi connectivity index (χ1) is 30.9. The molecule has 0 spiro atoms. The Bertz CT molecular complexity index is 2390. The van der Waals surface area contributed by atoms with Crippen LogP contribution in [0.2, 0.25) is 0 Å². The van der Waals surface area contributed by atoms with Crippen molar-refractivity contribution in [2.24, 2.45) is 11.7 Å². The monoisotopic (exact) mass is 892 g/mol. The molecule has 3 aliphatic heterocycles. The predicted octanol–water partition coefficient (Wildman–Crippen LogP) is 2.97. The van der Waals surface area contributed by atoms with Crippen LogP contribution in [0, 0.1) is 11.7 Å². The zero-order valence-corrected chi connectivity index (χ0v) is 37.0. The van der Waals surface area contributed by atoms with Crippen molar-refractivity contribution in [1.82, 2.24) is 29.5 Å². The van der Waals surface area contributed by atoms with E-state index in [1.165, 1.54) is 17.7 Å². The lowest BCUT2D eigenvalue weighted by atomic mass is 9.95. The van der Waals surface area contributed by atoms with Crippen LogP contribution < -0.4 is 16.5 Å². The van der Waals surface area contributed by atoms with E-state index in [0.29, 0.717) is 61.2 Å². The van der Waals surface area contributed by atoms with Gasteiger partial charge < -0.3 is 30.7 Å². The van der Waals surface area contributed by atoms with Crippen molar-refractivity contribution in [2.75, 3.05) is 89.7 Å². The van der Waals surface area contributed by atoms with Crippen molar-refractivity contribution >= 4 is 52.5 Å². The summed E-state index contributed by atoms with van der Waals surface area (Å²) < 4.78 is 15.0. The van der Waals surface area contributed by atoms with Crippen molar-refractivity contribution in [3.05, 3.63) is 118 Å². The van der Waals surface area contributed by atoms with Crippen LogP contribution in [0.4, 0.5) is 10.1 Å². The molecular weight excluding hydrogens is 837 g/mol. The molecule has 3 aliphatic rings. The fraction of sp³-hybridized carbons (Fsp3) is 0.396. The first kappa shape index (κ1) is 46.0. The number of rotatable bonds is 14. The van der Waals surface area contributed by atoms with Crippen molar-refractivity contribution in [2.45, 2.75) is 32.6 Å². The average Bonchev–Trinajstić information content (AvgIpc) is 3.32. The Morgan fingerprint density at radius 2 is 1.42 bits per heavy atom. The number of nitrogens with two attached hydrogens (primary N) is 2. The first-order valence-corrected chi connectivity index (χ1v) is 22.5. The number of hydrogen-bond donors (Lipinski definition) is 3. The molecule has 1 aromatic heterocycles. The van der Waals surface area contributed by atoms with E-state index in [4.69, 9.17) is 22.7 Å². The van der Waals surface area contributed by atoms with Gasteiger partial charge in [-0.25, -0.2) is 9.37 Å². The van der Waals surface area contributed by atoms with E-state index in [9.17, 15) is 24.0 Å². The number of nitrogens with one attached hydrogen (secondary N) is 1. The number of hydrogen-bond acceptors (Lipinski definition) is 8. The third-order valence-corrected chi connectivity index (χ3v) is 12.8. The summed E-state index contributed by atoms with van der Waals surface area (Å²) in [5.74, 6) is -2.13. The largest absolute Gasteiger partial charge is 0.366 e. The molecule has 3 aromatic carbocycles. The molecule has 5 amide bonds. The van der Waals surface area contributed by atoms with Gasteiger partial charge in [-0.05, 0) is 72.2 Å². The van der Waals surface area contributed by atoms with E-state index in [1.807, 2.05) is 17.0 Å². The van der Waals surface area contributed by atoms with E-state index in [1.54, 1.807) is 52.4 Å². The maximum Gasteiger partial charge on any atom is 0.274 e. The summed E-state index contributed by atoms with van der Waals surface area (Å²) in [6, 6.07) is 20.9. The maximum atomic E-state index is 15.0. The number of carbonyl (C=O) groups is 5. The molecule has 3 saturated heterocycles. The number of benzene rings is 3. The fourth-order valence-electron chi connectivity index (χ4n) is 8.77. The summed E-state index contributed by atoms with van der Waals surface area (Å²) in [6.45, 7) is 8.95. The highest BCUT2D eigenvalue weighted by Gasteiger charge is 2.31. The molecule has 64 heavy (non-hydrogen) atoms. The molecule has 16 heteroatoms. The highest BCUT2D eigenvalue weighted by atomic mass is 35.5. The number of aromatic nitrogens is 1. The molecular formula is C48H56ClFN9O5+. The van der Waals surface area contributed by atoms with Crippen LogP contribution in [0.15, 0.2) is 79.0 Å². The number of primary amides is 1. The van der Waals surface area contributed by atoms with Crippen LogP contribution in [0.3, 0.4) is 0 Å². The van der Waals surface area contributed by atoms with Crippen LogP contribution in [0.25, 0.3) is 11.1 Å². The van der Waals surface area contributed by atoms with Gasteiger partial charge in [-0.3, -0.25) is 34.3 Å². The van der Waals surface area contributed by atoms with E-state index in [0.717, 1.165) is 63.1 Å². The van der Waals surface area contributed by atoms with Gasteiger partial charge in [-0.2, -0.15) is 0 Å². The van der Waals surface area contributed by atoms with Crippen molar-refractivity contribution in [3.8, 4) is 11.1 Å². The van der Waals surface area contributed by atoms with Crippen LogP contribution in [0.1, 0.15) is 67.7 Å². The maximum absolute atomic E-state index is 15.0. The lowest BCUT2D eigenvalue weighted by Gasteiger charge is -2.40. The number of alkyl halides is 1. The summed E-state index contributed by atoms with van der Waals surface area (Å²) in [5.41, 5.74) is 10.7. The quantitative estimate of drug-likeness (QED) is 0.128. The molecule has 5 N–H and O–H groups in total. The van der Waals surface area contributed by atoms with Gasteiger partial charge in [0.2, 0.25) is 17.7 Å². The molecule has 0 saturated carbocycles. The van der Waals surface area contributed by atoms with Gasteiger partial charge >= 0.3 is 0 Å². The highest BCUT2D eigenvalue weighted by molar-refractivity contribution is 6.29. The molecule has 0 aliphatic carbocycles. The minimum atomic E-state index is -0.642. The second-order valence-electron chi connectivity index (χ2n) is 16.8. The number of piperidine rings is 1. The number of pyridine rings is 1. The van der Waals surface area contributed by atoms with E-state index >= 15 is 4.39 Å². The normalized spacial score (nSPS) is 16.4. The van der Waals surface area contributed by atoms with Crippen molar-refractivity contribution in [3.63, 3.8) is 0 Å². The third-order valence-electron chi connectivity index (χ3n) is 12.5. The van der Waals surface area contributed by atoms with E-state index < -0.39 is 23.5 Å². The summed E-state index contributed by atoms with van der Waals surface area (Å²) in [6.07, 6.45) is 4.46. The van der Waals surface area contributed by atoms with Crippen molar-refractivity contribution < 1.29 is 33.8 Å². The van der Waals surface area contributed by atoms with Gasteiger partial charge in [0.05, 0.1) is 35.3 Å². The number of likely N-dealkylation sites (tertiary alicyclic amines) is 1. The van der Waals surface area contributed by atoms with Gasteiger partial charge in [0.1, 0.15) is 11.7 Å². The first-order valence-electron chi connectivity index (χ1n) is 22.0. The second-order valence-corrected chi connectivity index (χ2v) is 17.0. The van der Waals surface area contributed by atoms with Crippen LogP contribution in [0.5, 0.6) is 0 Å². The Labute approximate surface area is 378 Å². The van der Waals surface area contributed by atoms with Gasteiger partial charge in [0, 0.05) is 83.8 Å². The Hall–Kier alpha value is -6.03. The lowest BCUT2D eigenvalue weighted by Crippen LogP contribution is -2.55. The molecule has 0 atom stereocenters. The zero-order valence-electron chi connectivity index (χ0n) is 36.2. The number of aryl methyl sites for hydroxylation is 1. The van der Waals surface area contributed by atoms with Crippen LogP contribution >= 0.6 is 11.6 Å². The molecule has 7 rings (SSSR count). The second kappa shape index (κ2) is 21.1. The van der Waals surface area contributed by atoms with Gasteiger partial charge in [0.15, 0.2) is 11.4 Å². The minimum absolute atomic E-state index is 0.00762. The van der Waals surface area contributed by atoms with E-state index in [-0.39, 0.29) is 54.0 Å². The van der Waals surface area contributed by atoms with Gasteiger partial charge in [-0.15, -0.1) is 11.6 Å². The number of anilines is 1. The van der Waals surface area contributed by atoms with Crippen LogP contribution in [-0.2, 0) is 22.4 Å². The molecule has 4 aromatic rings. The molecule has 3 fully saturated rings. The molecule has 14 nitrogen and oxygen atoms in total. The minimum Gasteiger partial charge on any atom is -0.366 e. The molecule has 0 bridgehead atoms. The molecule has 0 unspecified atom stereocenters. The summed E-state index contributed by atoms with van der Waals surface area (Å²) in [7, 11) is 0. The average molecular weight is 893 g/mol. The number of carbonyl (C=O) groups excluding carboxylic acids is 5. The SMILES string of the molecule is CCc1cccc(-c2cnc(C(=O)N3CCC(CN4CCN(CC(=O)N5CCN(C(=O)c6cc(CC(=[NH2+])c7ccccc7C(N)=O)ccc6F)CC5)CC4)CC3)c(NC(=O)CCl)c2)c1. The zero-order chi connectivity index (χ0) is 45.3. The Kier molecular flexibility index (Phi) is 15.2. The third kappa shape index (κ3) is 11.2. The predicted molar refractivity (Wildman–Crippen MR) is 243 cm³/mol. The Morgan fingerprint density at radius 1 is 0.750 bits per heavy atom. The number of nitrogens with zero attached hydrogens (tertiary/aromatic N) is 6. The molecule has 336 valence electrons. The summed E-state index contributed by atoms with van der Waals surface area (Å²) >= 11 is 5.82. The van der Waals surface area contributed by atoms with Crippen molar-refractivity contribution in [1.29, 1.82) is 0 Å². The standard InChI is InChI=1S/C48H55ClFN9O5/c1-2-32-6-5-7-35(24-32)36-27-42(54-43(60)28-49)45(53-29-36)48(64)58-14-12-33(13-15-58)30-55-16-18-56(19-17-55)31-44(61)57-20-22-59(23-21-57)47(63)39-25-34(10-11-40(39)50)26-41(51)37-8-3-4-9-38(37)46(52)62/h3-11,24-25,27,29,33,51H,2,12-23,26,28,30-31H2,1H3,(H2,52,62)(H,54,60)/p+1. The van der Waals surface area contributed by atoms with Gasteiger partial charge in [0.25, 0.3) is 11.8 Å². The lowest BCUT2D eigenvalue weighted by molar-refractivity contribution is -0.134. The fourth-order valence-corrected chi connectivity index (χ4v) is 8.83.